The largest absolute Gasteiger partial charge is 0.461 e. The third kappa shape index (κ3) is 5.59. The minimum absolute atomic E-state index is 0.00648. The monoisotopic (exact) mass is 792 g/mol. The van der Waals surface area contributed by atoms with Gasteiger partial charge in [-0.25, -0.2) is 22.9 Å². The summed E-state index contributed by atoms with van der Waals surface area (Å²) in [6.45, 7) is 6.45. The number of likely N-dealkylation sites (tertiary alicyclic amines) is 1. The van der Waals surface area contributed by atoms with Crippen LogP contribution in [0.4, 0.5) is 28.8 Å². The number of halogens is 4. The van der Waals surface area contributed by atoms with Crippen molar-refractivity contribution in [3.63, 3.8) is 0 Å². The molecule has 2 aromatic carbocycles. The first-order chi connectivity index (χ1) is 26.4. The highest BCUT2D eigenvalue weighted by atomic mass is 35.5. The second-order valence-electron chi connectivity index (χ2n) is 15.2. The minimum Gasteiger partial charge on any atom is -0.461 e. The van der Waals surface area contributed by atoms with E-state index in [1.165, 1.54) is 29.5 Å². The molecule has 9 rings (SSSR count). The number of ether oxygens (including phenoxy) is 2. The van der Waals surface area contributed by atoms with Gasteiger partial charge in [0.2, 0.25) is 0 Å². The molecule has 1 amide bonds. The Labute approximate surface area is 322 Å². The lowest BCUT2D eigenvalue weighted by Crippen LogP contribution is -2.79. The Morgan fingerprint density at radius 1 is 1.25 bits per heavy atom. The van der Waals surface area contributed by atoms with Crippen LogP contribution in [0.5, 0.6) is 6.01 Å². The van der Waals surface area contributed by atoms with Crippen molar-refractivity contribution >= 4 is 60.8 Å². The molecule has 3 aromatic heterocycles. The lowest BCUT2D eigenvalue weighted by Gasteiger charge is -2.61. The van der Waals surface area contributed by atoms with Gasteiger partial charge in [-0.1, -0.05) is 31.5 Å². The maximum absolute atomic E-state index is 17.3. The molecular weight excluding hydrogens is 757 g/mol. The van der Waals surface area contributed by atoms with E-state index >= 15 is 8.78 Å². The predicted octanol–water partition coefficient (Wildman–Crippen LogP) is 6.03. The average Bonchev–Trinajstić information content (AvgIpc) is 3.94. The number of nitriles is 1. The highest BCUT2D eigenvalue weighted by Crippen LogP contribution is 2.47. The summed E-state index contributed by atoms with van der Waals surface area (Å²) in [5, 5.41) is 14.5. The fourth-order valence-corrected chi connectivity index (χ4v) is 10.6. The molecule has 0 saturated carbocycles. The van der Waals surface area contributed by atoms with E-state index in [-0.39, 0.29) is 86.1 Å². The second-order valence-corrected chi connectivity index (χ2v) is 16.6. The number of rotatable bonds is 6. The van der Waals surface area contributed by atoms with Crippen LogP contribution in [0.15, 0.2) is 30.9 Å². The molecule has 55 heavy (non-hydrogen) atoms. The Morgan fingerprint density at radius 3 is 2.85 bits per heavy atom. The number of nitrogens with two attached hydrogens (primary N) is 1. The number of benzene rings is 2. The molecule has 0 bridgehead atoms. The van der Waals surface area contributed by atoms with Gasteiger partial charge in [0.05, 0.1) is 46.6 Å². The smallest absolute Gasteiger partial charge is 0.346 e. The fourth-order valence-electron chi connectivity index (χ4n) is 9.38. The molecule has 0 aliphatic carbocycles. The highest BCUT2D eigenvalue weighted by Gasteiger charge is 2.59. The van der Waals surface area contributed by atoms with Gasteiger partial charge in [-0.15, -0.1) is 11.3 Å². The first kappa shape index (κ1) is 35.9. The number of carbonyl (C=O) groups is 1. The van der Waals surface area contributed by atoms with Crippen LogP contribution in [0.3, 0.4) is 0 Å². The Hall–Kier alpha value is -4.76. The SMILES string of the molecule is CC(C)C1N(C(=O)n2cncn2)CC12CN(c1nc(OC[C@@]34CCCN3C[C@H](F)C4)nc3c(F)c(-c4ccc(F)c5sc(N)c(C#N)c45)c(Cl)cc13)CCO2. The van der Waals surface area contributed by atoms with Gasteiger partial charge in [-0.3, -0.25) is 4.90 Å². The van der Waals surface area contributed by atoms with Crippen molar-refractivity contribution in [2.24, 2.45) is 5.92 Å². The number of morpholine rings is 1. The topological polar surface area (TPSA) is 152 Å². The zero-order valence-electron chi connectivity index (χ0n) is 29.9. The van der Waals surface area contributed by atoms with Crippen LogP contribution in [0.25, 0.3) is 32.1 Å². The molecule has 286 valence electrons. The quantitative estimate of drug-likeness (QED) is 0.215. The number of anilines is 2. The van der Waals surface area contributed by atoms with Crippen molar-refractivity contribution in [1.29, 1.82) is 5.26 Å². The molecule has 7 heterocycles. The lowest BCUT2D eigenvalue weighted by atomic mass is 9.75. The first-order valence-electron chi connectivity index (χ1n) is 18.1. The van der Waals surface area contributed by atoms with E-state index in [1.807, 2.05) is 24.8 Å². The average molecular weight is 793 g/mol. The summed E-state index contributed by atoms with van der Waals surface area (Å²) in [4.78, 5) is 32.6. The van der Waals surface area contributed by atoms with Crippen molar-refractivity contribution in [1.82, 2.24) is 34.5 Å². The number of alkyl halides is 1. The zero-order valence-corrected chi connectivity index (χ0v) is 31.5. The molecule has 4 saturated heterocycles. The van der Waals surface area contributed by atoms with E-state index in [9.17, 15) is 14.4 Å². The number of hydrogen-bond acceptors (Lipinski definition) is 12. The van der Waals surface area contributed by atoms with Crippen molar-refractivity contribution in [2.75, 3.05) is 56.6 Å². The standard InChI is InChI=1S/C37H36ClF3N10O3S/c1-19(2)31-37(15-50(31)35(52)51-18-44-17-45-51)14-48(8-9-54-37)33-22-10-24(38)27(21-4-5-25(40)30-26(21)23(12-42)32(43)55-30)28(41)29(22)46-34(47-33)53-16-36-6-3-7-49(36)13-20(39)11-36/h4-5,10,17-20,31H,3,6-9,11,13-16,43H2,1-2H3/t20-,31?,36+,37?/m1/s1. The molecule has 2 unspecified atom stereocenters. The van der Waals surface area contributed by atoms with E-state index < -0.39 is 28.9 Å². The molecule has 4 atom stereocenters. The van der Waals surface area contributed by atoms with Crippen molar-refractivity contribution in [3.05, 3.63) is 53.1 Å². The van der Waals surface area contributed by atoms with E-state index in [1.54, 1.807) is 11.0 Å². The number of aromatic nitrogens is 5. The maximum Gasteiger partial charge on any atom is 0.346 e. The third-order valence-corrected chi connectivity index (χ3v) is 12.9. The maximum atomic E-state index is 17.3. The van der Waals surface area contributed by atoms with E-state index in [0.717, 1.165) is 30.7 Å². The van der Waals surface area contributed by atoms with Crippen LogP contribution < -0.4 is 15.4 Å². The van der Waals surface area contributed by atoms with Crippen molar-refractivity contribution in [2.45, 2.75) is 56.5 Å². The van der Waals surface area contributed by atoms with Gasteiger partial charge < -0.3 is 25.0 Å². The van der Waals surface area contributed by atoms with Crippen LogP contribution in [0.2, 0.25) is 5.02 Å². The number of nitrogens with zero attached hydrogens (tertiary/aromatic N) is 9. The molecule has 0 radical (unpaired) electrons. The Balaban J connectivity index is 1.16. The molecule has 2 N–H and O–H groups in total. The summed E-state index contributed by atoms with van der Waals surface area (Å²) in [5.74, 6) is -1.08. The van der Waals surface area contributed by atoms with Crippen LogP contribution in [-0.4, -0.2) is 110 Å². The van der Waals surface area contributed by atoms with Crippen molar-refractivity contribution < 1.29 is 27.4 Å². The number of thiophene rings is 1. The summed E-state index contributed by atoms with van der Waals surface area (Å²) in [5.41, 5.74) is 4.82. The highest BCUT2D eigenvalue weighted by molar-refractivity contribution is 7.23. The summed E-state index contributed by atoms with van der Waals surface area (Å²) >= 11 is 7.85. The number of nitrogen functional groups attached to an aromatic ring is 1. The molecule has 18 heteroatoms. The lowest BCUT2D eigenvalue weighted by molar-refractivity contribution is -0.186. The van der Waals surface area contributed by atoms with Gasteiger partial charge in [0.25, 0.3) is 0 Å². The molecular formula is C37H36ClF3N10O3S. The summed E-state index contributed by atoms with van der Waals surface area (Å²) < 4.78 is 61.1. The first-order valence-corrected chi connectivity index (χ1v) is 19.3. The number of amides is 1. The van der Waals surface area contributed by atoms with E-state index in [2.05, 4.69) is 20.0 Å². The van der Waals surface area contributed by atoms with Gasteiger partial charge in [0.1, 0.15) is 59.3 Å². The van der Waals surface area contributed by atoms with Crippen LogP contribution >= 0.6 is 22.9 Å². The fraction of sp³-hybridized carbons (Fsp3) is 0.459. The third-order valence-electron chi connectivity index (χ3n) is 11.6. The second kappa shape index (κ2) is 13.2. The predicted molar refractivity (Wildman–Crippen MR) is 200 cm³/mol. The summed E-state index contributed by atoms with van der Waals surface area (Å²) in [7, 11) is 0. The molecule has 4 fully saturated rings. The van der Waals surface area contributed by atoms with Gasteiger partial charge in [-0.2, -0.15) is 25.0 Å². The molecule has 4 aliphatic rings. The number of carbonyl (C=O) groups excluding carboxylic acids is 1. The van der Waals surface area contributed by atoms with Gasteiger partial charge >= 0.3 is 12.0 Å². The summed E-state index contributed by atoms with van der Waals surface area (Å²) in [6.07, 6.45) is 3.65. The summed E-state index contributed by atoms with van der Waals surface area (Å²) in [6, 6.07) is 5.41. The Kier molecular flexibility index (Phi) is 8.61. The van der Waals surface area contributed by atoms with Gasteiger partial charge in [-0.05, 0) is 43.0 Å². The number of hydrogen-bond donors (Lipinski definition) is 1. The van der Waals surface area contributed by atoms with Gasteiger partial charge in [0, 0.05) is 35.8 Å². The Bertz CT molecular complexity index is 2410. The van der Waals surface area contributed by atoms with Crippen molar-refractivity contribution in [3.8, 4) is 23.2 Å². The number of fused-ring (bicyclic) bond motifs is 3. The zero-order chi connectivity index (χ0) is 38.4. The molecule has 4 aliphatic heterocycles. The minimum atomic E-state index is -0.979. The van der Waals surface area contributed by atoms with Crippen LogP contribution in [0, 0.1) is 28.9 Å². The molecule has 1 spiro atoms. The van der Waals surface area contributed by atoms with E-state index in [0.29, 0.717) is 37.3 Å². The normalized spacial score (nSPS) is 25.3. The van der Waals surface area contributed by atoms with Gasteiger partial charge in [0.15, 0.2) is 5.82 Å². The molecule has 5 aromatic rings. The van der Waals surface area contributed by atoms with Crippen LogP contribution in [0.1, 0.15) is 38.7 Å². The molecule has 13 nitrogen and oxygen atoms in total. The Morgan fingerprint density at radius 2 is 2.09 bits per heavy atom. The van der Waals surface area contributed by atoms with Crippen LogP contribution in [-0.2, 0) is 4.74 Å². The van der Waals surface area contributed by atoms with E-state index in [4.69, 9.17) is 31.8 Å².